The number of anilines is 3. The number of unbranched alkanes of at least 4 members (excludes halogenated alkanes) is 1. The van der Waals surface area contributed by atoms with Crippen molar-refractivity contribution in [2.45, 2.75) is 50.9 Å². The average molecular weight is 983 g/mol. The summed E-state index contributed by atoms with van der Waals surface area (Å²) in [4.78, 5) is 2.42. The van der Waals surface area contributed by atoms with Crippen LogP contribution in [0.2, 0.25) is 0 Å². The van der Waals surface area contributed by atoms with Crippen molar-refractivity contribution in [2.75, 3.05) is 11.5 Å². The van der Waals surface area contributed by atoms with Gasteiger partial charge in [0.1, 0.15) is 5.75 Å². The number of nitrogens with zero attached hydrogens (tertiary/aromatic N) is 2. The van der Waals surface area contributed by atoms with Crippen molar-refractivity contribution in [1.82, 2.24) is 4.57 Å². The van der Waals surface area contributed by atoms with Crippen molar-refractivity contribution < 1.29 is 4.74 Å². The van der Waals surface area contributed by atoms with E-state index in [2.05, 4.69) is 268 Å². The van der Waals surface area contributed by atoms with Crippen LogP contribution in [-0.2, 0) is 10.8 Å². The molecule has 3 heteroatoms. The van der Waals surface area contributed by atoms with Crippen molar-refractivity contribution in [3.63, 3.8) is 0 Å². The minimum atomic E-state index is -0.380. The third-order valence-corrected chi connectivity index (χ3v) is 15.7. The van der Waals surface area contributed by atoms with Gasteiger partial charge in [-0.05, 0) is 176 Å². The number of hydrogen-bond donors (Lipinski definition) is 0. The molecule has 3 nitrogen and oxygen atoms in total. The zero-order valence-electron chi connectivity index (χ0n) is 43.7. The van der Waals surface area contributed by atoms with Crippen molar-refractivity contribution in [1.29, 1.82) is 0 Å². The van der Waals surface area contributed by atoms with E-state index < -0.39 is 0 Å². The Morgan fingerprint density at radius 1 is 0.474 bits per heavy atom. The van der Waals surface area contributed by atoms with Gasteiger partial charge in [-0.3, -0.25) is 0 Å². The highest BCUT2D eigenvalue weighted by molar-refractivity contribution is 6.11. The van der Waals surface area contributed by atoms with Crippen LogP contribution in [0.4, 0.5) is 17.1 Å². The van der Waals surface area contributed by atoms with E-state index in [0.717, 1.165) is 64.5 Å². The van der Waals surface area contributed by atoms with Crippen LogP contribution in [0.15, 0.2) is 250 Å². The third kappa shape index (κ3) is 8.82. The summed E-state index contributed by atoms with van der Waals surface area (Å²) < 4.78 is 8.71. The van der Waals surface area contributed by atoms with Gasteiger partial charge in [0, 0.05) is 38.9 Å². The van der Waals surface area contributed by atoms with E-state index in [1.165, 1.54) is 71.9 Å². The van der Waals surface area contributed by atoms with Gasteiger partial charge < -0.3 is 14.2 Å². The molecule has 0 bridgehead atoms. The average Bonchev–Trinajstić information content (AvgIpc) is 3.95. The highest BCUT2D eigenvalue weighted by Crippen LogP contribution is 2.56. The Morgan fingerprint density at radius 3 is 1.62 bits per heavy atom. The SMILES string of the molecule is C=Cc1ccc(OCCCCC2(c3ccc(C(C)(C)C)cc3)c3ccccc3-c3ccc(N(c4ccccc4)c4ccc(-c5ccc6c(c5)c5cc(-c7ccc(C=C)cc7)ccc5n6-c5ccccc5)cc4)cc32)cc1. The zero-order valence-corrected chi connectivity index (χ0v) is 43.7. The predicted molar refractivity (Wildman–Crippen MR) is 323 cm³/mol. The second-order valence-corrected chi connectivity index (χ2v) is 21.3. The molecule has 0 fully saturated rings. The van der Waals surface area contributed by atoms with Crippen LogP contribution in [0.5, 0.6) is 5.75 Å². The first kappa shape index (κ1) is 48.0. The molecule has 12 rings (SSSR count). The third-order valence-electron chi connectivity index (χ3n) is 15.7. The summed E-state index contributed by atoms with van der Waals surface area (Å²) in [6.07, 6.45) is 6.61. The summed E-state index contributed by atoms with van der Waals surface area (Å²) >= 11 is 0. The Labute approximate surface area is 448 Å². The maximum Gasteiger partial charge on any atom is 0.119 e. The lowest BCUT2D eigenvalue weighted by Crippen LogP contribution is -2.28. The van der Waals surface area contributed by atoms with Gasteiger partial charge in [-0.25, -0.2) is 0 Å². The molecule has 1 heterocycles. The molecule has 0 N–H and O–H groups in total. The minimum Gasteiger partial charge on any atom is -0.494 e. The topological polar surface area (TPSA) is 17.4 Å². The summed E-state index contributed by atoms with van der Waals surface area (Å²) in [5, 5.41) is 2.44. The Hall–Kier alpha value is -8.92. The standard InChI is InChI=1S/C73H62N2O/c1-6-51-24-28-53(29-25-51)55-32-44-70-66(48-55)67-49-56(33-45-71(67)75(70)60-20-12-9-13-21-60)54-30-38-61(39-31-54)74(59-18-10-8-11-19-59)62-40-43-65-64-22-14-15-23-68(64)73(69(65)50-62,58-36-34-57(35-37-58)72(3,4)5)46-16-17-47-76-63-41-26-52(7-2)27-42-63/h6-15,18-45,48-50H,1-2,16-17,46-47H2,3-5H3. The number of benzene rings is 10. The van der Waals surface area contributed by atoms with Gasteiger partial charge in [-0.15, -0.1) is 0 Å². The number of fused-ring (bicyclic) bond motifs is 6. The van der Waals surface area contributed by atoms with Crippen LogP contribution in [0.3, 0.4) is 0 Å². The molecule has 0 saturated heterocycles. The molecule has 1 unspecified atom stereocenters. The van der Waals surface area contributed by atoms with Crippen LogP contribution in [0, 0.1) is 0 Å². The van der Waals surface area contributed by atoms with Gasteiger partial charge in [0.2, 0.25) is 0 Å². The molecule has 1 aromatic heterocycles. The second kappa shape index (κ2) is 20.1. The van der Waals surface area contributed by atoms with Crippen molar-refractivity contribution >= 4 is 51.0 Å². The molecule has 370 valence electrons. The van der Waals surface area contributed by atoms with E-state index in [1.807, 2.05) is 24.3 Å². The molecule has 1 atom stereocenters. The molecule has 0 radical (unpaired) electrons. The van der Waals surface area contributed by atoms with E-state index in [-0.39, 0.29) is 10.8 Å². The maximum atomic E-state index is 6.32. The normalized spacial score (nSPS) is 13.8. The molecular weight excluding hydrogens is 921 g/mol. The van der Waals surface area contributed by atoms with Crippen molar-refractivity contribution in [3.05, 3.63) is 283 Å². The molecule has 0 amide bonds. The van der Waals surface area contributed by atoms with Gasteiger partial charge >= 0.3 is 0 Å². The molecule has 0 spiro atoms. The molecule has 1 aliphatic rings. The van der Waals surface area contributed by atoms with Crippen LogP contribution in [-0.4, -0.2) is 11.2 Å². The zero-order chi connectivity index (χ0) is 51.8. The highest BCUT2D eigenvalue weighted by atomic mass is 16.5. The lowest BCUT2D eigenvalue weighted by molar-refractivity contribution is 0.301. The number of rotatable bonds is 15. The van der Waals surface area contributed by atoms with Gasteiger partial charge in [-0.1, -0.05) is 198 Å². The highest BCUT2D eigenvalue weighted by Gasteiger charge is 2.44. The molecule has 76 heavy (non-hydrogen) atoms. The van der Waals surface area contributed by atoms with Crippen molar-refractivity contribution in [3.8, 4) is 44.8 Å². The number of para-hydroxylation sites is 2. The first-order valence-corrected chi connectivity index (χ1v) is 26.7. The minimum absolute atomic E-state index is 0.0379. The van der Waals surface area contributed by atoms with E-state index in [9.17, 15) is 0 Å². The van der Waals surface area contributed by atoms with E-state index in [4.69, 9.17) is 4.74 Å². The van der Waals surface area contributed by atoms with Gasteiger partial charge in [0.05, 0.1) is 17.6 Å². The molecular formula is C73H62N2O. The number of ether oxygens (including phenoxy) is 1. The summed E-state index contributed by atoms with van der Waals surface area (Å²) in [5.41, 5.74) is 21.4. The fraction of sp³-hybridized carbons (Fsp3) is 0.123. The fourth-order valence-corrected chi connectivity index (χ4v) is 11.7. The lowest BCUT2D eigenvalue weighted by atomic mass is 9.68. The fourth-order valence-electron chi connectivity index (χ4n) is 11.7. The monoisotopic (exact) mass is 982 g/mol. The summed E-state index contributed by atoms with van der Waals surface area (Å²) in [5.74, 6) is 0.891. The van der Waals surface area contributed by atoms with Crippen molar-refractivity contribution in [2.24, 2.45) is 0 Å². The lowest BCUT2D eigenvalue weighted by Gasteiger charge is -2.35. The van der Waals surface area contributed by atoms with Gasteiger partial charge in [0.15, 0.2) is 0 Å². The molecule has 0 saturated carbocycles. The van der Waals surface area contributed by atoms with Crippen LogP contribution >= 0.6 is 0 Å². The van der Waals surface area contributed by atoms with E-state index >= 15 is 0 Å². The summed E-state index contributed by atoms with van der Waals surface area (Å²) in [7, 11) is 0. The van der Waals surface area contributed by atoms with Crippen LogP contribution in [0.25, 0.3) is 73.0 Å². The van der Waals surface area contributed by atoms with Gasteiger partial charge in [-0.2, -0.15) is 0 Å². The molecule has 1 aliphatic carbocycles. The largest absolute Gasteiger partial charge is 0.494 e. The molecule has 10 aromatic carbocycles. The number of aromatic nitrogens is 1. The Balaban J connectivity index is 0.932. The Kier molecular flexibility index (Phi) is 12.7. The van der Waals surface area contributed by atoms with E-state index in [1.54, 1.807) is 0 Å². The molecule has 11 aromatic rings. The van der Waals surface area contributed by atoms with Crippen LogP contribution in [0.1, 0.15) is 73.4 Å². The Morgan fingerprint density at radius 2 is 1.00 bits per heavy atom. The number of hydrogen-bond acceptors (Lipinski definition) is 2. The maximum absolute atomic E-state index is 6.32. The summed E-state index contributed by atoms with van der Waals surface area (Å²) in [6.45, 7) is 15.4. The quantitative estimate of drug-likeness (QED) is 0.0953. The second-order valence-electron chi connectivity index (χ2n) is 21.3. The smallest absolute Gasteiger partial charge is 0.119 e. The van der Waals surface area contributed by atoms with E-state index in [0.29, 0.717) is 6.61 Å². The predicted octanol–water partition coefficient (Wildman–Crippen LogP) is 19.7. The summed E-state index contributed by atoms with van der Waals surface area (Å²) in [6, 6.07) is 87.1. The first-order valence-electron chi connectivity index (χ1n) is 26.7. The van der Waals surface area contributed by atoms with Gasteiger partial charge in [0.25, 0.3) is 0 Å². The van der Waals surface area contributed by atoms with Crippen LogP contribution < -0.4 is 9.64 Å². The first-order chi connectivity index (χ1) is 37.2. The molecule has 0 aliphatic heterocycles. The Bertz CT molecular complexity index is 3880.